The maximum atomic E-state index is 9.38. The van der Waals surface area contributed by atoms with Gasteiger partial charge in [0.1, 0.15) is 5.75 Å². The fourth-order valence-corrected chi connectivity index (χ4v) is 3.30. The Hall–Kier alpha value is -2.50. The first kappa shape index (κ1) is 17.3. The summed E-state index contributed by atoms with van der Waals surface area (Å²) in [5.74, 6) is 1.91. The second-order valence-corrected chi connectivity index (χ2v) is 6.66. The molecule has 134 valence electrons. The van der Waals surface area contributed by atoms with Crippen molar-refractivity contribution in [2.75, 3.05) is 19.6 Å². The minimum atomic E-state index is 0.289. The highest BCUT2D eigenvalue weighted by Crippen LogP contribution is 2.21. The lowest BCUT2D eigenvalue weighted by molar-refractivity contribution is 0.460. The molecular formula is C19H27N5O. The van der Waals surface area contributed by atoms with Crippen LogP contribution < -0.4 is 5.32 Å². The lowest BCUT2D eigenvalue weighted by Crippen LogP contribution is -2.40. The van der Waals surface area contributed by atoms with Gasteiger partial charge in [0.15, 0.2) is 5.96 Å². The van der Waals surface area contributed by atoms with E-state index in [2.05, 4.69) is 28.4 Å². The summed E-state index contributed by atoms with van der Waals surface area (Å²) in [6.45, 7) is 5.63. The van der Waals surface area contributed by atoms with Crippen LogP contribution in [-0.2, 0) is 20.0 Å². The van der Waals surface area contributed by atoms with Crippen molar-refractivity contribution in [1.29, 1.82) is 0 Å². The van der Waals surface area contributed by atoms with E-state index < -0.39 is 0 Å². The Morgan fingerprint density at radius 1 is 1.32 bits per heavy atom. The molecule has 1 fully saturated rings. The quantitative estimate of drug-likeness (QED) is 0.646. The van der Waals surface area contributed by atoms with Gasteiger partial charge in [0.25, 0.3) is 0 Å². The lowest BCUT2D eigenvalue weighted by Gasteiger charge is -2.21. The second-order valence-electron chi connectivity index (χ2n) is 6.66. The van der Waals surface area contributed by atoms with Crippen LogP contribution in [-0.4, -0.2) is 45.4 Å². The van der Waals surface area contributed by atoms with Crippen LogP contribution in [0.5, 0.6) is 5.75 Å². The Kier molecular flexibility index (Phi) is 5.58. The molecule has 0 bridgehead atoms. The van der Waals surface area contributed by atoms with E-state index in [9.17, 15) is 5.11 Å². The maximum absolute atomic E-state index is 9.38. The highest BCUT2D eigenvalue weighted by molar-refractivity contribution is 5.80. The van der Waals surface area contributed by atoms with E-state index in [-0.39, 0.29) is 5.75 Å². The monoisotopic (exact) mass is 341 g/mol. The molecule has 0 spiro atoms. The van der Waals surface area contributed by atoms with E-state index in [1.54, 1.807) is 12.1 Å². The summed E-state index contributed by atoms with van der Waals surface area (Å²) in [5, 5.41) is 17.0. The first-order valence-electron chi connectivity index (χ1n) is 8.92. The molecule has 2 N–H and O–H groups in total. The highest BCUT2D eigenvalue weighted by Gasteiger charge is 2.25. The maximum Gasteiger partial charge on any atom is 0.194 e. The van der Waals surface area contributed by atoms with Gasteiger partial charge in [-0.25, -0.2) is 4.99 Å². The molecule has 1 aromatic heterocycles. The van der Waals surface area contributed by atoms with Gasteiger partial charge in [0, 0.05) is 32.9 Å². The van der Waals surface area contributed by atoms with Crippen molar-refractivity contribution in [1.82, 2.24) is 20.0 Å². The number of phenols is 1. The van der Waals surface area contributed by atoms with Crippen LogP contribution in [0.1, 0.15) is 24.5 Å². The van der Waals surface area contributed by atoms with E-state index in [1.165, 1.54) is 12.0 Å². The molecule has 1 atom stereocenters. The average Bonchev–Trinajstić information content (AvgIpc) is 3.22. The number of phenolic OH excluding ortho intramolecular Hbond substituents is 1. The van der Waals surface area contributed by atoms with E-state index in [0.717, 1.165) is 37.6 Å². The van der Waals surface area contributed by atoms with Crippen molar-refractivity contribution in [3.63, 3.8) is 0 Å². The minimum Gasteiger partial charge on any atom is -0.508 e. The zero-order valence-corrected chi connectivity index (χ0v) is 15.0. The van der Waals surface area contributed by atoms with Crippen LogP contribution in [0.15, 0.2) is 41.7 Å². The highest BCUT2D eigenvalue weighted by atomic mass is 16.3. The van der Waals surface area contributed by atoms with Crippen LogP contribution in [0.4, 0.5) is 0 Å². The molecule has 0 radical (unpaired) electrons. The third-order valence-electron chi connectivity index (χ3n) is 4.55. The van der Waals surface area contributed by atoms with E-state index in [1.807, 2.05) is 30.1 Å². The van der Waals surface area contributed by atoms with Crippen LogP contribution in [0.25, 0.3) is 0 Å². The molecule has 1 saturated heterocycles. The van der Waals surface area contributed by atoms with Crippen LogP contribution in [0.2, 0.25) is 0 Å². The zero-order chi connectivity index (χ0) is 17.6. The van der Waals surface area contributed by atoms with Gasteiger partial charge in [-0.05, 0) is 48.9 Å². The minimum absolute atomic E-state index is 0.289. The lowest BCUT2D eigenvalue weighted by atomic mass is 10.0. The summed E-state index contributed by atoms with van der Waals surface area (Å²) in [6.07, 6.45) is 6.32. The first-order chi connectivity index (χ1) is 12.1. The molecule has 25 heavy (non-hydrogen) atoms. The molecule has 1 unspecified atom stereocenters. The number of nitrogens with zero attached hydrogens (tertiary/aromatic N) is 4. The fourth-order valence-electron chi connectivity index (χ4n) is 3.30. The first-order valence-corrected chi connectivity index (χ1v) is 8.92. The fraction of sp³-hybridized carbons (Fsp3) is 0.474. The van der Waals surface area contributed by atoms with Crippen molar-refractivity contribution in [2.45, 2.75) is 26.3 Å². The number of hydrogen-bond donors (Lipinski definition) is 2. The van der Waals surface area contributed by atoms with Crippen LogP contribution in [0, 0.1) is 5.92 Å². The number of hydrogen-bond acceptors (Lipinski definition) is 3. The molecule has 1 aliphatic rings. The Morgan fingerprint density at radius 2 is 2.12 bits per heavy atom. The van der Waals surface area contributed by atoms with Gasteiger partial charge in [-0.1, -0.05) is 12.1 Å². The Morgan fingerprint density at radius 3 is 2.80 bits per heavy atom. The Balaban J connectivity index is 1.60. The van der Waals surface area contributed by atoms with Crippen molar-refractivity contribution < 1.29 is 5.11 Å². The number of guanidine groups is 1. The standard InChI is InChI=1S/C19H27N5O/c1-3-20-19(21-11-15-4-6-18(25)7-5-15)24-9-8-16(14-24)10-17-12-22-23(2)13-17/h4-7,12-13,16,25H,3,8-11,14H2,1-2H3,(H,20,21). The molecule has 0 aliphatic carbocycles. The number of nitrogens with one attached hydrogen (secondary N) is 1. The molecular weight excluding hydrogens is 314 g/mol. The summed E-state index contributed by atoms with van der Waals surface area (Å²) in [4.78, 5) is 7.13. The van der Waals surface area contributed by atoms with Gasteiger partial charge in [-0.15, -0.1) is 0 Å². The summed E-state index contributed by atoms with van der Waals surface area (Å²) < 4.78 is 1.87. The molecule has 2 aromatic rings. The van der Waals surface area contributed by atoms with Crippen molar-refractivity contribution in [3.05, 3.63) is 47.8 Å². The van der Waals surface area contributed by atoms with Gasteiger partial charge in [-0.2, -0.15) is 5.10 Å². The second kappa shape index (κ2) is 8.05. The number of benzene rings is 1. The summed E-state index contributed by atoms with van der Waals surface area (Å²) in [5.41, 5.74) is 2.40. The topological polar surface area (TPSA) is 65.7 Å². The molecule has 0 saturated carbocycles. The van der Waals surface area contributed by atoms with Gasteiger partial charge in [0.05, 0.1) is 12.7 Å². The number of aryl methyl sites for hydroxylation is 1. The largest absolute Gasteiger partial charge is 0.508 e. The van der Waals surface area contributed by atoms with Gasteiger partial charge >= 0.3 is 0 Å². The average molecular weight is 341 g/mol. The molecule has 3 rings (SSSR count). The van der Waals surface area contributed by atoms with Crippen molar-refractivity contribution in [2.24, 2.45) is 18.0 Å². The number of aromatic nitrogens is 2. The number of aliphatic imine (C=N–C) groups is 1. The van der Waals surface area contributed by atoms with Gasteiger partial charge < -0.3 is 15.3 Å². The smallest absolute Gasteiger partial charge is 0.194 e. The normalized spacial score (nSPS) is 17.9. The van der Waals surface area contributed by atoms with Gasteiger partial charge in [0.2, 0.25) is 0 Å². The third kappa shape index (κ3) is 4.75. The van der Waals surface area contributed by atoms with Crippen LogP contribution >= 0.6 is 0 Å². The van der Waals surface area contributed by atoms with E-state index >= 15 is 0 Å². The van der Waals surface area contributed by atoms with Gasteiger partial charge in [-0.3, -0.25) is 4.68 Å². The van der Waals surface area contributed by atoms with Crippen molar-refractivity contribution in [3.8, 4) is 5.75 Å². The molecule has 6 heteroatoms. The van der Waals surface area contributed by atoms with Crippen LogP contribution in [0.3, 0.4) is 0 Å². The molecule has 6 nitrogen and oxygen atoms in total. The Bertz CT molecular complexity index is 707. The summed E-state index contributed by atoms with van der Waals surface area (Å²) in [6, 6.07) is 7.24. The molecule has 1 aliphatic heterocycles. The third-order valence-corrected chi connectivity index (χ3v) is 4.55. The molecule has 0 amide bonds. The number of likely N-dealkylation sites (tertiary alicyclic amines) is 1. The SMILES string of the molecule is CCNC(=NCc1ccc(O)cc1)N1CCC(Cc2cnn(C)c2)C1. The number of aromatic hydroxyl groups is 1. The predicted octanol–water partition coefficient (Wildman–Crippen LogP) is 2.16. The summed E-state index contributed by atoms with van der Waals surface area (Å²) in [7, 11) is 1.96. The zero-order valence-electron chi connectivity index (χ0n) is 15.0. The van der Waals surface area contributed by atoms with E-state index in [0.29, 0.717) is 12.5 Å². The number of rotatable bonds is 5. The summed E-state index contributed by atoms with van der Waals surface area (Å²) >= 11 is 0. The molecule has 1 aromatic carbocycles. The van der Waals surface area contributed by atoms with Crippen molar-refractivity contribution >= 4 is 5.96 Å². The molecule has 2 heterocycles. The van der Waals surface area contributed by atoms with E-state index in [4.69, 9.17) is 4.99 Å². The Labute approximate surface area is 149 Å². The predicted molar refractivity (Wildman–Crippen MR) is 99.5 cm³/mol.